The average molecular weight is 505 g/mol. The van der Waals surface area contributed by atoms with Crippen LogP contribution in [0, 0.1) is 5.82 Å². The van der Waals surface area contributed by atoms with Crippen LogP contribution in [0.3, 0.4) is 0 Å². The second-order valence-electron chi connectivity index (χ2n) is 8.47. The summed E-state index contributed by atoms with van der Waals surface area (Å²) in [6.45, 7) is -0.779. The topological polar surface area (TPSA) is 87.3 Å². The van der Waals surface area contributed by atoms with Gasteiger partial charge in [-0.3, -0.25) is 4.79 Å². The number of fused-ring (bicyclic) bond motifs is 4. The van der Waals surface area contributed by atoms with Crippen molar-refractivity contribution < 1.29 is 22.7 Å². The number of halogens is 4. The molecule has 5 rings (SSSR count). The highest BCUT2D eigenvalue weighted by Crippen LogP contribution is 2.43. The number of rotatable bonds is 5. The van der Waals surface area contributed by atoms with Gasteiger partial charge in [0.15, 0.2) is 6.61 Å². The van der Waals surface area contributed by atoms with Crippen molar-refractivity contribution in [3.8, 4) is 17.0 Å². The van der Waals surface area contributed by atoms with E-state index in [0.717, 1.165) is 24.0 Å². The fraction of sp³-hybridized carbons (Fsp3) is 0.292. The highest BCUT2D eigenvalue weighted by molar-refractivity contribution is 6.33. The monoisotopic (exact) mass is 504 g/mol. The zero-order valence-corrected chi connectivity index (χ0v) is 19.0. The Balaban J connectivity index is 1.34. The number of hydrogen-bond acceptors (Lipinski definition) is 4. The molecule has 1 fully saturated rings. The molecule has 1 saturated heterocycles. The van der Waals surface area contributed by atoms with Gasteiger partial charge in [0.1, 0.15) is 5.82 Å². The third-order valence-electron chi connectivity index (χ3n) is 6.30. The molecule has 0 radical (unpaired) electrons. The number of aromatic nitrogens is 2. The van der Waals surface area contributed by atoms with Crippen LogP contribution in [0.2, 0.25) is 5.02 Å². The molecule has 0 spiro atoms. The van der Waals surface area contributed by atoms with Crippen molar-refractivity contribution >= 4 is 23.3 Å². The van der Waals surface area contributed by atoms with Crippen molar-refractivity contribution in [2.24, 2.45) is 0 Å². The van der Waals surface area contributed by atoms with Crippen LogP contribution in [-0.2, 0) is 6.42 Å². The van der Waals surface area contributed by atoms with Gasteiger partial charge >= 0.3 is 6.03 Å². The minimum Gasteiger partial charge on any atom is -0.472 e. The summed E-state index contributed by atoms with van der Waals surface area (Å²) >= 11 is 6.38. The first-order valence-corrected chi connectivity index (χ1v) is 11.3. The first kappa shape index (κ1) is 23.2. The lowest BCUT2D eigenvalue weighted by molar-refractivity contribution is 0.0796. The molecule has 2 N–H and O–H groups in total. The zero-order valence-electron chi connectivity index (χ0n) is 18.2. The number of anilines is 1. The Morgan fingerprint density at radius 2 is 2.11 bits per heavy atom. The second kappa shape index (κ2) is 9.26. The number of urea groups is 1. The number of amides is 2. The number of pyridine rings is 2. The van der Waals surface area contributed by atoms with Gasteiger partial charge in [0, 0.05) is 41.7 Å². The largest absolute Gasteiger partial charge is 0.472 e. The molecule has 2 aliphatic heterocycles. The van der Waals surface area contributed by atoms with Crippen LogP contribution in [0.15, 0.2) is 47.5 Å². The molecule has 0 saturated carbocycles. The van der Waals surface area contributed by atoms with Crippen LogP contribution in [-0.4, -0.2) is 40.0 Å². The van der Waals surface area contributed by atoms with Crippen LogP contribution in [0.1, 0.15) is 30.0 Å². The molecular formula is C24H20ClF3N4O3. The van der Waals surface area contributed by atoms with E-state index in [4.69, 9.17) is 16.3 Å². The van der Waals surface area contributed by atoms with E-state index in [1.165, 1.54) is 30.5 Å². The van der Waals surface area contributed by atoms with Gasteiger partial charge in [-0.05, 0) is 48.6 Å². The van der Waals surface area contributed by atoms with E-state index in [1.54, 1.807) is 17.2 Å². The number of ether oxygens (including phenoxy) is 1. The van der Waals surface area contributed by atoms with Gasteiger partial charge in [0.2, 0.25) is 11.4 Å². The first-order chi connectivity index (χ1) is 16.8. The van der Waals surface area contributed by atoms with Crippen LogP contribution in [0.4, 0.5) is 23.7 Å². The first-order valence-electron chi connectivity index (χ1n) is 11.0. The molecule has 1 aromatic carbocycles. The summed E-state index contributed by atoms with van der Waals surface area (Å²) in [5.74, 6) is -0.679. The van der Waals surface area contributed by atoms with Gasteiger partial charge in [-0.15, -0.1) is 0 Å². The fourth-order valence-corrected chi connectivity index (χ4v) is 5.05. The van der Waals surface area contributed by atoms with E-state index < -0.39 is 24.9 Å². The molecule has 3 aromatic rings. The Bertz CT molecular complexity index is 1330. The number of carbonyl (C=O) groups is 1. The van der Waals surface area contributed by atoms with Crippen LogP contribution in [0.25, 0.3) is 11.1 Å². The van der Waals surface area contributed by atoms with E-state index >= 15 is 0 Å². The standard InChI is InChI=1S/C24H20ClF3N4O3/c25-17-8-19(18(26)7-15(17)12-1-4-23(30-9-12)35-11-21(27)28)31-24(34)32-14-2-3-20(32)16-10-29-22(33)6-13(16)5-14/h1,4,6-10,14,20-21H,2-3,5,11H2,(H,29,33)(H,31,34)/t14-,20+/m0/s1. The number of benzene rings is 1. The number of nitrogens with zero attached hydrogens (tertiary/aromatic N) is 2. The van der Waals surface area contributed by atoms with E-state index in [-0.39, 0.29) is 34.2 Å². The van der Waals surface area contributed by atoms with Gasteiger partial charge in [-0.25, -0.2) is 22.9 Å². The SMILES string of the molecule is O=C(Nc1cc(Cl)c(-c2ccc(OCC(F)F)nc2)cc1F)N1[C@H]2CC[C@@H]1c1c[nH]c(=O)cc1C2. The highest BCUT2D eigenvalue weighted by atomic mass is 35.5. The lowest BCUT2D eigenvalue weighted by atomic mass is 9.95. The summed E-state index contributed by atoms with van der Waals surface area (Å²) in [4.78, 5) is 33.1. The number of alkyl halides is 2. The quantitative estimate of drug-likeness (QED) is 0.502. The summed E-state index contributed by atoms with van der Waals surface area (Å²) in [6, 6.07) is 6.26. The molecule has 2 aromatic heterocycles. The Labute approximate surface area is 202 Å². The molecule has 11 heteroatoms. The van der Waals surface area contributed by atoms with Gasteiger partial charge in [0.25, 0.3) is 6.43 Å². The van der Waals surface area contributed by atoms with E-state index in [0.29, 0.717) is 17.5 Å². The van der Waals surface area contributed by atoms with Crippen molar-refractivity contribution in [2.75, 3.05) is 11.9 Å². The van der Waals surface area contributed by atoms with E-state index in [1.807, 2.05) is 0 Å². The predicted molar refractivity (Wildman–Crippen MR) is 124 cm³/mol. The average Bonchev–Trinajstić information content (AvgIpc) is 3.15. The maximum absolute atomic E-state index is 15.0. The molecular weight excluding hydrogens is 485 g/mol. The molecule has 35 heavy (non-hydrogen) atoms. The maximum atomic E-state index is 15.0. The van der Waals surface area contributed by atoms with Crippen molar-refractivity contribution in [3.05, 3.63) is 75.0 Å². The van der Waals surface area contributed by atoms with E-state index in [2.05, 4.69) is 15.3 Å². The maximum Gasteiger partial charge on any atom is 0.322 e. The predicted octanol–water partition coefficient (Wildman–Crippen LogP) is 5.17. The van der Waals surface area contributed by atoms with Crippen LogP contribution < -0.4 is 15.6 Å². The summed E-state index contributed by atoms with van der Waals surface area (Å²) in [7, 11) is 0. The molecule has 2 atom stereocenters. The summed E-state index contributed by atoms with van der Waals surface area (Å²) < 4.78 is 44.4. The molecule has 0 unspecified atom stereocenters. The highest BCUT2D eigenvalue weighted by Gasteiger charge is 2.43. The molecule has 2 amide bonds. The Kier molecular flexibility index (Phi) is 6.14. The minimum absolute atomic E-state index is 0.0105. The third kappa shape index (κ3) is 4.58. The molecule has 2 aliphatic rings. The molecule has 2 bridgehead atoms. The number of carbonyl (C=O) groups excluding carboxylic acids is 1. The molecule has 7 nitrogen and oxygen atoms in total. The van der Waals surface area contributed by atoms with Crippen molar-refractivity contribution in [1.29, 1.82) is 0 Å². The van der Waals surface area contributed by atoms with Gasteiger partial charge in [-0.2, -0.15) is 0 Å². The Morgan fingerprint density at radius 3 is 2.86 bits per heavy atom. The summed E-state index contributed by atoms with van der Waals surface area (Å²) in [5.41, 5.74) is 2.37. The molecule has 0 aliphatic carbocycles. The summed E-state index contributed by atoms with van der Waals surface area (Å²) in [6.07, 6.45) is 2.47. The Hall–Kier alpha value is -3.53. The van der Waals surface area contributed by atoms with Crippen LogP contribution in [0.5, 0.6) is 5.88 Å². The van der Waals surface area contributed by atoms with Gasteiger partial charge in [0.05, 0.1) is 16.8 Å². The normalized spacial score (nSPS) is 18.5. The summed E-state index contributed by atoms with van der Waals surface area (Å²) in [5, 5.41) is 2.80. The number of hydrogen-bond donors (Lipinski definition) is 2. The zero-order chi connectivity index (χ0) is 24.7. The third-order valence-corrected chi connectivity index (χ3v) is 6.61. The van der Waals surface area contributed by atoms with Crippen LogP contribution >= 0.6 is 11.6 Å². The number of nitrogens with one attached hydrogen (secondary N) is 2. The molecule has 4 heterocycles. The second-order valence-corrected chi connectivity index (χ2v) is 8.87. The van der Waals surface area contributed by atoms with Crippen molar-refractivity contribution in [2.45, 2.75) is 37.8 Å². The smallest absolute Gasteiger partial charge is 0.322 e. The minimum atomic E-state index is -2.62. The fourth-order valence-electron chi connectivity index (χ4n) is 4.78. The van der Waals surface area contributed by atoms with Crippen molar-refractivity contribution in [3.63, 3.8) is 0 Å². The van der Waals surface area contributed by atoms with E-state index in [9.17, 15) is 22.8 Å². The van der Waals surface area contributed by atoms with Gasteiger partial charge < -0.3 is 19.9 Å². The lowest BCUT2D eigenvalue weighted by Crippen LogP contribution is -2.44. The van der Waals surface area contributed by atoms with Crippen molar-refractivity contribution in [1.82, 2.24) is 14.9 Å². The number of H-pyrrole nitrogens is 1. The Morgan fingerprint density at radius 1 is 1.29 bits per heavy atom. The lowest BCUT2D eigenvalue weighted by Gasteiger charge is -2.36. The molecule has 182 valence electrons. The number of aromatic amines is 1. The van der Waals surface area contributed by atoms with Gasteiger partial charge in [-0.1, -0.05) is 11.6 Å².